The Morgan fingerprint density at radius 3 is 2.54 bits per heavy atom. The molecule has 0 saturated heterocycles. The van der Waals surface area contributed by atoms with Crippen molar-refractivity contribution < 1.29 is 4.79 Å². The Balaban J connectivity index is 1.80. The Hall–Kier alpha value is -2.76. The fraction of sp³-hybridized carbons (Fsp3) is 0.136. The maximum Gasteiger partial charge on any atom is 0.260 e. The molecule has 4 rings (SSSR count). The van der Waals surface area contributed by atoms with Crippen LogP contribution >= 0.6 is 22.9 Å². The van der Waals surface area contributed by atoms with Crippen molar-refractivity contribution in [3.8, 4) is 0 Å². The molecule has 0 saturated carbocycles. The van der Waals surface area contributed by atoms with Crippen LogP contribution in [0.3, 0.4) is 0 Å². The number of aryl methyl sites for hydroxylation is 2. The highest BCUT2D eigenvalue weighted by molar-refractivity contribution is 7.23. The van der Waals surface area contributed by atoms with Gasteiger partial charge in [-0.3, -0.25) is 14.7 Å². The van der Waals surface area contributed by atoms with Gasteiger partial charge in [-0.1, -0.05) is 52.8 Å². The van der Waals surface area contributed by atoms with E-state index in [1.54, 1.807) is 11.1 Å². The first-order valence-electron chi connectivity index (χ1n) is 8.87. The minimum atomic E-state index is -0.113. The molecule has 0 aliphatic carbocycles. The van der Waals surface area contributed by atoms with Crippen LogP contribution in [-0.4, -0.2) is 15.9 Å². The van der Waals surface area contributed by atoms with Crippen LogP contribution in [-0.2, 0) is 6.54 Å². The molecule has 0 aliphatic heterocycles. The van der Waals surface area contributed by atoms with Crippen molar-refractivity contribution in [3.05, 3.63) is 88.2 Å². The Bertz CT molecular complexity index is 1100. The number of hydrogen-bond acceptors (Lipinski definition) is 4. The first-order chi connectivity index (χ1) is 13.5. The summed E-state index contributed by atoms with van der Waals surface area (Å²) < 4.78 is 0.888. The number of anilines is 1. The fourth-order valence-corrected chi connectivity index (χ4v) is 4.25. The third-order valence-electron chi connectivity index (χ3n) is 4.51. The van der Waals surface area contributed by atoms with Gasteiger partial charge in [0.1, 0.15) is 0 Å². The molecule has 0 aliphatic rings. The molecule has 0 fully saturated rings. The van der Waals surface area contributed by atoms with E-state index in [0.717, 1.165) is 27.0 Å². The monoisotopic (exact) mass is 407 g/mol. The SMILES string of the molecule is Cc1ccc(C(=O)N(Cc2ccccn2)c2nc3c(C)ccc(Cl)c3s2)cc1. The van der Waals surface area contributed by atoms with Crippen LogP contribution in [0.1, 0.15) is 27.2 Å². The molecule has 2 aromatic carbocycles. The number of benzene rings is 2. The molecule has 0 spiro atoms. The second-order valence-corrected chi connectivity index (χ2v) is 8.00. The maximum absolute atomic E-state index is 13.3. The molecule has 4 aromatic rings. The smallest absolute Gasteiger partial charge is 0.260 e. The van der Waals surface area contributed by atoms with E-state index >= 15 is 0 Å². The summed E-state index contributed by atoms with van der Waals surface area (Å²) in [6, 6.07) is 17.0. The fourth-order valence-electron chi connectivity index (χ4n) is 2.94. The number of nitrogens with zero attached hydrogens (tertiary/aromatic N) is 3. The summed E-state index contributed by atoms with van der Waals surface area (Å²) in [5.74, 6) is -0.113. The maximum atomic E-state index is 13.3. The number of fused-ring (bicyclic) bond motifs is 1. The first kappa shape index (κ1) is 18.6. The molecular formula is C22H18ClN3OS. The van der Waals surface area contributed by atoms with Crippen LogP contribution in [0, 0.1) is 13.8 Å². The molecular weight excluding hydrogens is 390 g/mol. The molecule has 2 heterocycles. The third-order valence-corrected chi connectivity index (χ3v) is 6.05. The van der Waals surface area contributed by atoms with Crippen molar-refractivity contribution in [3.63, 3.8) is 0 Å². The normalized spacial score (nSPS) is 11.0. The summed E-state index contributed by atoms with van der Waals surface area (Å²) in [5.41, 5.74) is 4.38. The number of aromatic nitrogens is 2. The van der Waals surface area contributed by atoms with Gasteiger partial charge in [-0.05, 0) is 49.7 Å². The van der Waals surface area contributed by atoms with Gasteiger partial charge in [0.25, 0.3) is 5.91 Å². The van der Waals surface area contributed by atoms with E-state index in [1.807, 2.05) is 68.4 Å². The zero-order valence-electron chi connectivity index (χ0n) is 15.5. The number of thiazole rings is 1. The predicted molar refractivity (Wildman–Crippen MR) is 115 cm³/mol. The van der Waals surface area contributed by atoms with Crippen molar-refractivity contribution in [1.82, 2.24) is 9.97 Å². The summed E-state index contributed by atoms with van der Waals surface area (Å²) in [6.07, 6.45) is 1.73. The van der Waals surface area contributed by atoms with E-state index in [1.165, 1.54) is 11.3 Å². The van der Waals surface area contributed by atoms with E-state index in [2.05, 4.69) is 4.98 Å². The minimum Gasteiger partial charge on any atom is -0.278 e. The summed E-state index contributed by atoms with van der Waals surface area (Å²) in [7, 11) is 0. The average Bonchev–Trinajstić information content (AvgIpc) is 3.16. The second kappa shape index (κ2) is 7.70. The van der Waals surface area contributed by atoms with Crippen LogP contribution in [0.2, 0.25) is 5.02 Å². The summed E-state index contributed by atoms with van der Waals surface area (Å²) >= 11 is 7.80. The average molecular weight is 408 g/mol. The van der Waals surface area contributed by atoms with Crippen molar-refractivity contribution in [2.24, 2.45) is 0 Å². The van der Waals surface area contributed by atoms with Crippen LogP contribution in [0.5, 0.6) is 0 Å². The molecule has 4 nitrogen and oxygen atoms in total. The zero-order chi connectivity index (χ0) is 19.7. The quantitative estimate of drug-likeness (QED) is 0.429. The van der Waals surface area contributed by atoms with Crippen LogP contribution in [0.15, 0.2) is 60.8 Å². The predicted octanol–water partition coefficient (Wildman–Crippen LogP) is 5.81. The van der Waals surface area contributed by atoms with Crippen LogP contribution < -0.4 is 4.90 Å². The molecule has 28 heavy (non-hydrogen) atoms. The van der Waals surface area contributed by atoms with Gasteiger partial charge < -0.3 is 0 Å². The highest BCUT2D eigenvalue weighted by Crippen LogP contribution is 2.36. The lowest BCUT2D eigenvalue weighted by Gasteiger charge is -2.19. The largest absolute Gasteiger partial charge is 0.278 e. The highest BCUT2D eigenvalue weighted by Gasteiger charge is 2.23. The van der Waals surface area contributed by atoms with Gasteiger partial charge in [-0.25, -0.2) is 4.98 Å². The van der Waals surface area contributed by atoms with Crippen molar-refractivity contribution >= 4 is 44.2 Å². The number of pyridine rings is 1. The molecule has 2 aromatic heterocycles. The van der Waals surface area contributed by atoms with E-state index in [0.29, 0.717) is 22.3 Å². The lowest BCUT2D eigenvalue weighted by Crippen LogP contribution is -2.30. The zero-order valence-corrected chi connectivity index (χ0v) is 17.1. The Morgan fingerprint density at radius 2 is 1.86 bits per heavy atom. The Kier molecular flexibility index (Phi) is 5.11. The lowest BCUT2D eigenvalue weighted by atomic mass is 10.1. The van der Waals surface area contributed by atoms with Crippen molar-refractivity contribution in [2.45, 2.75) is 20.4 Å². The number of halogens is 1. The number of carbonyl (C=O) groups is 1. The van der Waals surface area contributed by atoms with Gasteiger partial charge in [0, 0.05) is 11.8 Å². The van der Waals surface area contributed by atoms with Crippen LogP contribution in [0.4, 0.5) is 5.13 Å². The molecule has 6 heteroatoms. The molecule has 0 unspecified atom stereocenters. The molecule has 0 atom stereocenters. The lowest BCUT2D eigenvalue weighted by molar-refractivity contribution is 0.0985. The molecule has 0 N–H and O–H groups in total. The standard InChI is InChI=1S/C22H18ClN3OS/c1-14-6-9-16(10-7-14)21(27)26(13-17-5-3-4-12-24-17)22-25-19-15(2)8-11-18(23)20(19)28-22/h3-12H,13H2,1-2H3. The minimum absolute atomic E-state index is 0.113. The number of carbonyl (C=O) groups excluding carboxylic acids is 1. The molecule has 1 amide bonds. The first-order valence-corrected chi connectivity index (χ1v) is 10.1. The number of hydrogen-bond donors (Lipinski definition) is 0. The van der Waals surface area contributed by atoms with Gasteiger partial charge in [0.2, 0.25) is 0 Å². The van der Waals surface area contributed by atoms with E-state index < -0.39 is 0 Å². The van der Waals surface area contributed by atoms with Gasteiger partial charge >= 0.3 is 0 Å². The van der Waals surface area contributed by atoms with E-state index in [9.17, 15) is 4.79 Å². The summed E-state index contributed by atoms with van der Waals surface area (Å²) in [5, 5.41) is 1.26. The highest BCUT2D eigenvalue weighted by atomic mass is 35.5. The van der Waals surface area contributed by atoms with E-state index in [4.69, 9.17) is 16.6 Å². The number of amides is 1. The summed E-state index contributed by atoms with van der Waals surface area (Å²) in [4.78, 5) is 24.1. The van der Waals surface area contributed by atoms with Gasteiger partial charge in [-0.2, -0.15) is 0 Å². The summed E-state index contributed by atoms with van der Waals surface area (Å²) in [6.45, 7) is 4.33. The van der Waals surface area contributed by atoms with Crippen molar-refractivity contribution in [2.75, 3.05) is 4.90 Å². The molecule has 0 bridgehead atoms. The van der Waals surface area contributed by atoms with Crippen LogP contribution in [0.25, 0.3) is 10.2 Å². The van der Waals surface area contributed by atoms with Crippen molar-refractivity contribution in [1.29, 1.82) is 0 Å². The molecule has 0 radical (unpaired) electrons. The van der Waals surface area contributed by atoms with Gasteiger partial charge in [0.15, 0.2) is 5.13 Å². The molecule has 140 valence electrons. The topological polar surface area (TPSA) is 46.1 Å². The van der Waals surface area contributed by atoms with Gasteiger partial charge in [0.05, 0.1) is 27.5 Å². The third kappa shape index (κ3) is 3.63. The Morgan fingerprint density at radius 1 is 1.07 bits per heavy atom. The van der Waals surface area contributed by atoms with E-state index in [-0.39, 0.29) is 5.91 Å². The Labute approximate surface area is 172 Å². The number of rotatable bonds is 4. The second-order valence-electron chi connectivity index (χ2n) is 6.62. The van der Waals surface area contributed by atoms with Gasteiger partial charge in [-0.15, -0.1) is 0 Å².